The predicted molar refractivity (Wildman–Crippen MR) is 111 cm³/mol. The third kappa shape index (κ3) is 3.68. The van der Waals surface area contributed by atoms with Crippen LogP contribution in [0.4, 0.5) is 5.82 Å². The van der Waals surface area contributed by atoms with E-state index >= 15 is 0 Å². The average molecular weight is 358 g/mol. The number of ether oxygens (including phenoxy) is 1. The lowest BCUT2D eigenvalue weighted by Crippen LogP contribution is -2.24. The number of aryl methyl sites for hydroxylation is 2. The highest BCUT2D eigenvalue weighted by atomic mass is 16.5. The van der Waals surface area contributed by atoms with E-state index < -0.39 is 0 Å². The minimum absolute atomic E-state index is 0.116. The second kappa shape index (κ2) is 6.73. The smallest absolute Gasteiger partial charge is 0.126 e. The van der Waals surface area contributed by atoms with Crippen molar-refractivity contribution in [3.05, 3.63) is 77.0 Å². The van der Waals surface area contributed by atoms with Gasteiger partial charge in [0.05, 0.1) is 0 Å². The fourth-order valence-electron chi connectivity index (χ4n) is 3.71. The summed E-state index contributed by atoms with van der Waals surface area (Å²) >= 11 is 0. The first-order valence-electron chi connectivity index (χ1n) is 9.49. The van der Waals surface area contributed by atoms with Crippen molar-refractivity contribution in [2.75, 3.05) is 5.32 Å². The van der Waals surface area contributed by atoms with E-state index in [0.29, 0.717) is 0 Å². The number of fused-ring (bicyclic) bond motifs is 1. The molecule has 1 aliphatic heterocycles. The number of rotatable bonds is 4. The Morgan fingerprint density at radius 2 is 1.85 bits per heavy atom. The maximum absolute atomic E-state index is 6.04. The molecule has 1 aliphatic rings. The zero-order valence-corrected chi connectivity index (χ0v) is 16.5. The summed E-state index contributed by atoms with van der Waals surface area (Å²) in [7, 11) is 0. The van der Waals surface area contributed by atoms with Crippen LogP contribution in [0.25, 0.3) is 11.1 Å². The first kappa shape index (κ1) is 17.6. The predicted octanol–water partition coefficient (Wildman–Crippen LogP) is 5.69. The molecule has 0 amide bonds. The van der Waals surface area contributed by atoms with E-state index in [9.17, 15) is 0 Å². The van der Waals surface area contributed by atoms with Crippen molar-refractivity contribution in [2.45, 2.75) is 46.3 Å². The van der Waals surface area contributed by atoms with E-state index in [1.54, 1.807) is 0 Å². The summed E-state index contributed by atoms with van der Waals surface area (Å²) in [6.45, 7) is 9.32. The van der Waals surface area contributed by atoms with Gasteiger partial charge >= 0.3 is 0 Å². The van der Waals surface area contributed by atoms with Crippen LogP contribution in [0.1, 0.15) is 36.1 Å². The third-order valence-electron chi connectivity index (χ3n) is 5.21. The van der Waals surface area contributed by atoms with Gasteiger partial charge in [0.1, 0.15) is 17.2 Å². The number of aromatic nitrogens is 1. The van der Waals surface area contributed by atoms with Crippen LogP contribution in [0.15, 0.2) is 54.7 Å². The van der Waals surface area contributed by atoms with Crippen molar-refractivity contribution in [3.8, 4) is 16.9 Å². The minimum Gasteiger partial charge on any atom is -0.487 e. The van der Waals surface area contributed by atoms with Crippen molar-refractivity contribution >= 4 is 5.82 Å². The summed E-state index contributed by atoms with van der Waals surface area (Å²) in [4.78, 5) is 4.62. The molecule has 27 heavy (non-hydrogen) atoms. The molecule has 0 atom stereocenters. The number of nitrogens with zero attached hydrogens (tertiary/aromatic N) is 1. The molecule has 0 fully saturated rings. The van der Waals surface area contributed by atoms with E-state index in [1.807, 2.05) is 6.20 Å². The molecule has 0 unspecified atom stereocenters. The molecule has 0 bridgehead atoms. The van der Waals surface area contributed by atoms with E-state index in [-0.39, 0.29) is 5.60 Å². The quantitative estimate of drug-likeness (QED) is 0.650. The zero-order chi connectivity index (χ0) is 19.0. The first-order valence-corrected chi connectivity index (χ1v) is 9.49. The Hall–Kier alpha value is -2.81. The Balaban J connectivity index is 1.52. The van der Waals surface area contributed by atoms with Crippen LogP contribution in [-0.4, -0.2) is 10.6 Å². The number of hydrogen-bond acceptors (Lipinski definition) is 3. The van der Waals surface area contributed by atoms with Gasteiger partial charge in [-0.15, -0.1) is 0 Å². The minimum atomic E-state index is -0.116. The number of hydrogen-bond donors (Lipinski definition) is 1. The standard InChI is InChI=1S/C24H26N2O/c1-16-7-5-6-8-18(16)14-25-23-10-9-19(15-26-23)21-12-20-13-24(3,4)27-22(20)11-17(21)2/h5-12,15H,13-14H2,1-4H3,(H,25,26). The van der Waals surface area contributed by atoms with Gasteiger partial charge in [-0.3, -0.25) is 0 Å². The van der Waals surface area contributed by atoms with Gasteiger partial charge in [-0.1, -0.05) is 24.3 Å². The SMILES string of the molecule is Cc1ccccc1CNc1ccc(-c2cc3c(cc2C)OC(C)(C)C3)cn1. The van der Waals surface area contributed by atoms with Gasteiger partial charge in [0.25, 0.3) is 0 Å². The Labute approximate surface area is 161 Å². The maximum atomic E-state index is 6.04. The summed E-state index contributed by atoms with van der Waals surface area (Å²) < 4.78 is 6.04. The van der Waals surface area contributed by atoms with Crippen molar-refractivity contribution in [3.63, 3.8) is 0 Å². The normalized spacial score (nSPS) is 14.5. The highest BCUT2D eigenvalue weighted by molar-refractivity contribution is 5.70. The van der Waals surface area contributed by atoms with E-state index in [4.69, 9.17) is 4.74 Å². The lowest BCUT2D eigenvalue weighted by atomic mass is 9.95. The molecule has 0 spiro atoms. The fourth-order valence-corrected chi connectivity index (χ4v) is 3.71. The Kier molecular flexibility index (Phi) is 4.39. The molecular formula is C24H26N2O. The topological polar surface area (TPSA) is 34.1 Å². The van der Waals surface area contributed by atoms with Gasteiger partial charge in [0.15, 0.2) is 0 Å². The largest absolute Gasteiger partial charge is 0.487 e. The van der Waals surface area contributed by atoms with Crippen LogP contribution in [-0.2, 0) is 13.0 Å². The molecule has 3 nitrogen and oxygen atoms in total. The lowest BCUT2D eigenvalue weighted by molar-refractivity contribution is 0.138. The summed E-state index contributed by atoms with van der Waals surface area (Å²) in [5, 5.41) is 3.42. The molecule has 138 valence electrons. The highest BCUT2D eigenvalue weighted by Gasteiger charge is 2.30. The lowest BCUT2D eigenvalue weighted by Gasteiger charge is -2.16. The summed E-state index contributed by atoms with van der Waals surface area (Å²) in [6.07, 6.45) is 2.90. The van der Waals surface area contributed by atoms with Crippen LogP contribution >= 0.6 is 0 Å². The summed E-state index contributed by atoms with van der Waals surface area (Å²) in [5.41, 5.74) is 7.33. The molecule has 3 aromatic rings. The van der Waals surface area contributed by atoms with Gasteiger partial charge in [-0.2, -0.15) is 0 Å². The number of benzene rings is 2. The number of pyridine rings is 1. The van der Waals surface area contributed by atoms with Crippen molar-refractivity contribution in [1.29, 1.82) is 0 Å². The first-order chi connectivity index (χ1) is 12.9. The van der Waals surface area contributed by atoms with E-state index in [1.165, 1.54) is 27.8 Å². The van der Waals surface area contributed by atoms with Gasteiger partial charge in [-0.25, -0.2) is 4.98 Å². The summed E-state index contributed by atoms with van der Waals surface area (Å²) in [5.74, 6) is 1.91. The third-order valence-corrected chi connectivity index (χ3v) is 5.21. The zero-order valence-electron chi connectivity index (χ0n) is 16.5. The Morgan fingerprint density at radius 1 is 1.04 bits per heavy atom. The van der Waals surface area contributed by atoms with Gasteiger partial charge < -0.3 is 10.1 Å². The molecule has 0 saturated carbocycles. The average Bonchev–Trinajstić information content (AvgIpc) is 2.93. The second-order valence-electron chi connectivity index (χ2n) is 8.03. The molecule has 1 N–H and O–H groups in total. The Morgan fingerprint density at radius 3 is 2.59 bits per heavy atom. The molecule has 3 heteroatoms. The number of anilines is 1. The fraction of sp³-hybridized carbons (Fsp3) is 0.292. The van der Waals surface area contributed by atoms with Crippen molar-refractivity contribution in [2.24, 2.45) is 0 Å². The molecule has 0 radical (unpaired) electrons. The highest BCUT2D eigenvalue weighted by Crippen LogP contribution is 2.39. The monoisotopic (exact) mass is 358 g/mol. The molecule has 4 rings (SSSR count). The number of nitrogens with one attached hydrogen (secondary N) is 1. The maximum Gasteiger partial charge on any atom is 0.126 e. The van der Waals surface area contributed by atoms with Crippen LogP contribution in [0.2, 0.25) is 0 Å². The molecule has 2 aromatic carbocycles. The van der Waals surface area contributed by atoms with Crippen LogP contribution in [0.5, 0.6) is 5.75 Å². The molecule has 0 saturated heterocycles. The van der Waals surface area contributed by atoms with Crippen LogP contribution in [0, 0.1) is 13.8 Å². The second-order valence-corrected chi connectivity index (χ2v) is 8.03. The van der Waals surface area contributed by atoms with Gasteiger partial charge in [0.2, 0.25) is 0 Å². The molecular weight excluding hydrogens is 332 g/mol. The van der Waals surface area contributed by atoms with Gasteiger partial charge in [0, 0.05) is 24.7 Å². The molecule has 0 aliphatic carbocycles. The van der Waals surface area contributed by atoms with Gasteiger partial charge in [-0.05, 0) is 79.8 Å². The van der Waals surface area contributed by atoms with Crippen molar-refractivity contribution < 1.29 is 4.74 Å². The van der Waals surface area contributed by atoms with E-state index in [2.05, 4.69) is 86.5 Å². The van der Waals surface area contributed by atoms with Crippen LogP contribution < -0.4 is 10.1 Å². The molecule has 2 heterocycles. The summed E-state index contributed by atoms with van der Waals surface area (Å²) in [6, 6.07) is 17.0. The Bertz CT molecular complexity index is 974. The van der Waals surface area contributed by atoms with Crippen molar-refractivity contribution in [1.82, 2.24) is 4.98 Å². The van der Waals surface area contributed by atoms with Crippen LogP contribution in [0.3, 0.4) is 0 Å². The molecule has 1 aromatic heterocycles. The van der Waals surface area contributed by atoms with E-state index in [0.717, 1.165) is 30.1 Å².